The lowest BCUT2D eigenvalue weighted by Gasteiger charge is -2.38. The van der Waals surface area contributed by atoms with E-state index in [4.69, 9.17) is 16.7 Å². The van der Waals surface area contributed by atoms with Crippen LogP contribution >= 0.6 is 11.6 Å². The summed E-state index contributed by atoms with van der Waals surface area (Å²) >= 11 is 7.01. The lowest BCUT2D eigenvalue weighted by molar-refractivity contribution is 0.177. The Morgan fingerprint density at radius 2 is 1.25 bits per heavy atom. The number of carbonyl (C=O) groups is 1. The molecule has 44 heavy (non-hydrogen) atoms. The first kappa shape index (κ1) is 27.9. The molecule has 1 aliphatic heterocycles. The van der Waals surface area contributed by atoms with Crippen LogP contribution in [0, 0.1) is 0 Å². The highest BCUT2D eigenvalue weighted by Crippen LogP contribution is 2.44. The molecule has 2 atom stereocenters. The molecule has 6 heteroatoms. The van der Waals surface area contributed by atoms with Crippen LogP contribution < -0.4 is 5.32 Å². The predicted molar refractivity (Wildman–Crippen MR) is 178 cm³/mol. The highest BCUT2D eigenvalue weighted by molar-refractivity contribution is 6.34. The Kier molecular flexibility index (Phi) is 7.19. The number of fused-ring (bicyclic) bond motifs is 2. The van der Waals surface area contributed by atoms with Crippen LogP contribution in [0.5, 0.6) is 0 Å². The summed E-state index contributed by atoms with van der Waals surface area (Å²) in [7, 11) is 0. The fourth-order valence-corrected chi connectivity index (χ4v) is 6.88. The smallest absolute Gasteiger partial charge is 0.317 e. The second-order valence-corrected chi connectivity index (χ2v) is 11.9. The molecule has 5 aromatic carbocycles. The minimum Gasteiger partial charge on any atom is -0.317 e. The summed E-state index contributed by atoms with van der Waals surface area (Å²) in [6.07, 6.45) is 0. The molecule has 218 valence electrons. The van der Waals surface area contributed by atoms with E-state index in [0.29, 0.717) is 11.7 Å². The van der Waals surface area contributed by atoms with Gasteiger partial charge in [-0.05, 0) is 46.9 Å². The Bertz CT molecular complexity index is 1830. The number of anilines is 1. The fraction of sp³-hybridized carbons (Fsp3) is 0.158. The number of amides is 2. The maximum absolute atomic E-state index is 13.6. The van der Waals surface area contributed by atoms with Crippen LogP contribution in [0.1, 0.15) is 47.6 Å². The maximum Gasteiger partial charge on any atom is 0.322 e. The number of hydrogen-bond acceptors (Lipinski definition) is 2. The van der Waals surface area contributed by atoms with E-state index in [1.54, 1.807) is 0 Å². The van der Waals surface area contributed by atoms with Gasteiger partial charge < -0.3 is 10.2 Å². The summed E-state index contributed by atoms with van der Waals surface area (Å²) in [6.45, 7) is 4.76. The number of hydrogen-bond donors (Lipinski definition) is 1. The Morgan fingerprint density at radius 1 is 0.750 bits per heavy atom. The van der Waals surface area contributed by atoms with Gasteiger partial charge in [0.05, 0.1) is 5.52 Å². The maximum atomic E-state index is 13.6. The van der Waals surface area contributed by atoms with Crippen molar-refractivity contribution >= 4 is 34.2 Å². The van der Waals surface area contributed by atoms with E-state index in [-0.39, 0.29) is 18.0 Å². The number of carbonyl (C=O) groups excluding carboxylic acids is 1. The number of nitrogens with one attached hydrogen (secondary N) is 1. The van der Waals surface area contributed by atoms with Crippen molar-refractivity contribution in [2.24, 2.45) is 0 Å². The monoisotopic (exact) mass is 596 g/mol. The fourth-order valence-electron chi connectivity index (χ4n) is 6.65. The molecule has 1 N–H and O–H groups in total. The summed E-state index contributed by atoms with van der Waals surface area (Å²) < 4.78 is 2.03. The third kappa shape index (κ3) is 4.56. The number of halogens is 1. The predicted octanol–water partition coefficient (Wildman–Crippen LogP) is 9.07. The van der Waals surface area contributed by atoms with Crippen molar-refractivity contribution in [3.8, 4) is 0 Å². The largest absolute Gasteiger partial charge is 0.322 e. The van der Waals surface area contributed by atoms with Crippen LogP contribution in [-0.2, 0) is 12.1 Å². The van der Waals surface area contributed by atoms with E-state index in [1.807, 2.05) is 52.0 Å². The third-order valence-corrected chi connectivity index (χ3v) is 9.42. The zero-order valence-electron chi connectivity index (χ0n) is 24.7. The van der Waals surface area contributed by atoms with Gasteiger partial charge in [0.2, 0.25) is 0 Å². The molecule has 2 unspecified atom stereocenters. The second kappa shape index (κ2) is 11.3. The zero-order chi connectivity index (χ0) is 30.3. The van der Waals surface area contributed by atoms with Crippen LogP contribution in [0.4, 0.5) is 10.5 Å². The molecule has 0 radical (unpaired) electrons. The third-order valence-electron chi connectivity index (χ3n) is 9.14. The number of benzene rings is 5. The van der Waals surface area contributed by atoms with E-state index in [2.05, 4.69) is 110 Å². The number of urea groups is 1. The molecule has 5 nitrogen and oxygen atoms in total. The SMILES string of the molecule is CC(c1ccccc1)C(C)N1Cc2cc3c(Cl)nn(C(c4ccccc4)(c4ccccc4)c4ccccc4)c3cc2NC1=O. The van der Waals surface area contributed by atoms with Crippen LogP contribution in [-0.4, -0.2) is 26.8 Å². The Balaban J connectivity index is 1.40. The summed E-state index contributed by atoms with van der Waals surface area (Å²) in [5.41, 5.74) is 6.16. The number of aromatic nitrogens is 2. The molecular formula is C38H33ClN4O. The second-order valence-electron chi connectivity index (χ2n) is 11.5. The van der Waals surface area contributed by atoms with Crippen molar-refractivity contribution in [3.05, 3.63) is 166 Å². The lowest BCUT2D eigenvalue weighted by Crippen LogP contribution is -2.46. The molecule has 0 saturated carbocycles. The van der Waals surface area contributed by atoms with Gasteiger partial charge in [-0.1, -0.05) is 140 Å². The standard InChI is InChI=1S/C38H33ClN4O/c1-26(28-15-7-3-8-16-28)27(2)42-25-29-23-33-35(24-34(29)40-37(42)44)43(41-36(33)39)38(30-17-9-4-10-18-30,31-19-11-5-12-20-31)32-21-13-6-14-22-32/h3-24,26-27H,25H2,1-2H3,(H,40,44). The van der Waals surface area contributed by atoms with Gasteiger partial charge in [-0.25, -0.2) is 9.48 Å². The van der Waals surface area contributed by atoms with Gasteiger partial charge in [-0.2, -0.15) is 5.10 Å². The highest BCUT2D eigenvalue weighted by atomic mass is 35.5. The van der Waals surface area contributed by atoms with Crippen molar-refractivity contribution in [1.29, 1.82) is 0 Å². The molecule has 2 heterocycles. The first-order valence-corrected chi connectivity index (χ1v) is 15.4. The van der Waals surface area contributed by atoms with E-state index in [0.717, 1.165) is 38.8 Å². The van der Waals surface area contributed by atoms with Crippen molar-refractivity contribution in [2.45, 2.75) is 37.9 Å². The minimum absolute atomic E-state index is 0.0127. The van der Waals surface area contributed by atoms with Crippen molar-refractivity contribution in [1.82, 2.24) is 14.7 Å². The Labute approximate surface area is 262 Å². The minimum atomic E-state index is -0.826. The van der Waals surface area contributed by atoms with Crippen LogP contribution in [0.3, 0.4) is 0 Å². The average molecular weight is 597 g/mol. The summed E-state index contributed by atoms with van der Waals surface area (Å²) in [5.74, 6) is 0.168. The van der Waals surface area contributed by atoms with Gasteiger partial charge in [-0.15, -0.1) is 0 Å². The van der Waals surface area contributed by atoms with Crippen LogP contribution in [0.25, 0.3) is 10.9 Å². The molecule has 1 aliphatic rings. The van der Waals surface area contributed by atoms with Crippen molar-refractivity contribution in [2.75, 3.05) is 5.32 Å². The van der Waals surface area contributed by atoms with Crippen LogP contribution in [0.15, 0.2) is 133 Å². The van der Waals surface area contributed by atoms with Crippen molar-refractivity contribution in [3.63, 3.8) is 0 Å². The first-order valence-electron chi connectivity index (χ1n) is 15.0. The molecule has 0 aliphatic carbocycles. The quantitative estimate of drug-likeness (QED) is 0.187. The normalized spacial score (nSPS) is 14.6. The number of nitrogens with zero attached hydrogens (tertiary/aromatic N) is 3. The molecule has 0 fully saturated rings. The van der Waals surface area contributed by atoms with Crippen LogP contribution in [0.2, 0.25) is 5.15 Å². The lowest BCUT2D eigenvalue weighted by atomic mass is 9.77. The first-order chi connectivity index (χ1) is 21.5. The topological polar surface area (TPSA) is 50.2 Å². The Hall–Kier alpha value is -4.87. The van der Waals surface area contributed by atoms with Gasteiger partial charge in [-0.3, -0.25) is 0 Å². The van der Waals surface area contributed by atoms with E-state index in [1.165, 1.54) is 5.56 Å². The summed E-state index contributed by atoms with van der Waals surface area (Å²) in [6, 6.07) is 45.5. The van der Waals surface area contributed by atoms with E-state index >= 15 is 0 Å². The van der Waals surface area contributed by atoms with Gasteiger partial charge >= 0.3 is 6.03 Å². The molecule has 0 bridgehead atoms. The van der Waals surface area contributed by atoms with Gasteiger partial charge in [0.25, 0.3) is 0 Å². The molecule has 2 amide bonds. The number of rotatable bonds is 7. The van der Waals surface area contributed by atoms with Crippen molar-refractivity contribution < 1.29 is 4.79 Å². The van der Waals surface area contributed by atoms with E-state index in [9.17, 15) is 4.79 Å². The molecule has 7 rings (SSSR count). The summed E-state index contributed by atoms with van der Waals surface area (Å²) in [4.78, 5) is 15.5. The molecule has 6 aromatic rings. The van der Waals surface area contributed by atoms with E-state index < -0.39 is 5.54 Å². The van der Waals surface area contributed by atoms with Gasteiger partial charge in [0.15, 0.2) is 5.15 Å². The zero-order valence-corrected chi connectivity index (χ0v) is 25.4. The Morgan fingerprint density at radius 3 is 1.77 bits per heavy atom. The highest BCUT2D eigenvalue weighted by Gasteiger charge is 2.41. The average Bonchev–Trinajstić information content (AvgIpc) is 3.39. The van der Waals surface area contributed by atoms with Gasteiger partial charge in [0.1, 0.15) is 5.54 Å². The molecule has 0 saturated heterocycles. The molecular weight excluding hydrogens is 564 g/mol. The molecule has 1 aromatic heterocycles. The summed E-state index contributed by atoms with van der Waals surface area (Å²) in [5, 5.41) is 9.52. The molecule has 0 spiro atoms. The van der Waals surface area contributed by atoms with Gasteiger partial charge in [0, 0.05) is 29.6 Å².